The van der Waals surface area contributed by atoms with Crippen molar-refractivity contribution in [1.29, 1.82) is 5.26 Å². The molecule has 0 saturated carbocycles. The van der Waals surface area contributed by atoms with E-state index in [1.807, 2.05) is 34.9 Å². The normalized spacial score (nSPS) is 10.5. The maximum absolute atomic E-state index is 8.99. The fourth-order valence-electron chi connectivity index (χ4n) is 2.04. The molecule has 0 N–H and O–H groups in total. The Morgan fingerprint density at radius 3 is 2.89 bits per heavy atom. The summed E-state index contributed by atoms with van der Waals surface area (Å²) in [5.41, 5.74) is 2.90. The van der Waals surface area contributed by atoms with Gasteiger partial charge in [-0.15, -0.1) is 0 Å². The fraction of sp³-hybridized carbons (Fsp3) is 0.0714. The van der Waals surface area contributed by atoms with E-state index in [-0.39, 0.29) is 6.42 Å². The van der Waals surface area contributed by atoms with E-state index in [1.165, 1.54) is 0 Å². The zero-order valence-electron chi connectivity index (χ0n) is 9.92. The monoisotopic (exact) mass is 268 g/mol. The van der Waals surface area contributed by atoms with Gasteiger partial charge in [0.25, 0.3) is 0 Å². The van der Waals surface area contributed by atoms with E-state index >= 15 is 0 Å². The van der Waals surface area contributed by atoms with E-state index in [2.05, 4.69) is 16.0 Å². The Kier molecular flexibility index (Phi) is 2.90. The van der Waals surface area contributed by atoms with Gasteiger partial charge in [0, 0.05) is 12.4 Å². The molecule has 5 heteroatoms. The van der Waals surface area contributed by atoms with Gasteiger partial charge in [0.1, 0.15) is 5.69 Å². The zero-order chi connectivity index (χ0) is 13.2. The van der Waals surface area contributed by atoms with E-state index < -0.39 is 0 Å². The topological polar surface area (TPSA) is 54.0 Å². The van der Waals surface area contributed by atoms with Gasteiger partial charge in [-0.2, -0.15) is 5.26 Å². The maximum atomic E-state index is 8.99. The lowest BCUT2D eigenvalue weighted by Gasteiger charge is -2.00. The highest BCUT2D eigenvalue weighted by Crippen LogP contribution is 2.26. The minimum atomic E-state index is 0.257. The third-order valence-electron chi connectivity index (χ3n) is 2.86. The van der Waals surface area contributed by atoms with E-state index in [9.17, 15) is 0 Å². The largest absolute Gasteiger partial charge is 0.301 e. The Morgan fingerprint density at radius 2 is 2.16 bits per heavy atom. The SMILES string of the molecule is N#CCc1c(-c2ccccn2)nc2c(Cl)cccn12. The second kappa shape index (κ2) is 4.71. The highest BCUT2D eigenvalue weighted by atomic mass is 35.5. The Bertz CT molecular complexity index is 771. The van der Waals surface area contributed by atoms with Crippen LogP contribution >= 0.6 is 11.6 Å². The van der Waals surface area contributed by atoms with Crippen molar-refractivity contribution >= 4 is 17.2 Å². The molecule has 0 aromatic carbocycles. The number of hydrogen-bond donors (Lipinski definition) is 0. The first-order valence-electron chi connectivity index (χ1n) is 5.75. The van der Waals surface area contributed by atoms with Crippen molar-refractivity contribution in [3.63, 3.8) is 0 Å². The number of rotatable bonds is 2. The third kappa shape index (κ3) is 1.94. The second-order valence-corrected chi connectivity index (χ2v) is 4.41. The van der Waals surface area contributed by atoms with Crippen LogP contribution in [0.15, 0.2) is 42.7 Å². The molecule has 0 fully saturated rings. The van der Waals surface area contributed by atoms with Crippen LogP contribution in [0.3, 0.4) is 0 Å². The van der Waals surface area contributed by atoms with Crippen LogP contribution in [0.4, 0.5) is 0 Å². The molecule has 0 radical (unpaired) electrons. The molecule has 0 spiro atoms. The maximum Gasteiger partial charge on any atom is 0.156 e. The van der Waals surface area contributed by atoms with Gasteiger partial charge in [-0.1, -0.05) is 17.7 Å². The number of imidazole rings is 1. The van der Waals surface area contributed by atoms with Gasteiger partial charge >= 0.3 is 0 Å². The first-order valence-corrected chi connectivity index (χ1v) is 6.13. The molecular weight excluding hydrogens is 260 g/mol. The number of nitriles is 1. The van der Waals surface area contributed by atoms with Gasteiger partial charge in [-0.05, 0) is 24.3 Å². The molecule has 4 nitrogen and oxygen atoms in total. The Morgan fingerprint density at radius 1 is 1.26 bits per heavy atom. The number of pyridine rings is 2. The van der Waals surface area contributed by atoms with Crippen molar-refractivity contribution in [2.45, 2.75) is 6.42 Å². The van der Waals surface area contributed by atoms with Gasteiger partial charge < -0.3 is 4.40 Å². The Hall–Kier alpha value is -2.38. The molecule has 3 aromatic rings. The number of nitrogens with zero attached hydrogens (tertiary/aromatic N) is 4. The summed E-state index contributed by atoms with van der Waals surface area (Å²) in [5.74, 6) is 0. The molecule has 0 unspecified atom stereocenters. The second-order valence-electron chi connectivity index (χ2n) is 4.01. The van der Waals surface area contributed by atoms with Gasteiger partial charge in [0.15, 0.2) is 5.65 Å². The highest BCUT2D eigenvalue weighted by Gasteiger charge is 2.15. The van der Waals surface area contributed by atoms with Gasteiger partial charge in [-0.3, -0.25) is 4.98 Å². The van der Waals surface area contributed by atoms with E-state index in [1.54, 1.807) is 12.3 Å². The molecule has 0 aliphatic heterocycles. The van der Waals surface area contributed by atoms with Crippen molar-refractivity contribution in [2.24, 2.45) is 0 Å². The van der Waals surface area contributed by atoms with Crippen LogP contribution in [0.25, 0.3) is 17.0 Å². The first kappa shape index (κ1) is 11.7. The average Bonchev–Trinajstić information content (AvgIpc) is 2.81. The van der Waals surface area contributed by atoms with E-state index in [4.69, 9.17) is 16.9 Å². The minimum Gasteiger partial charge on any atom is -0.301 e. The smallest absolute Gasteiger partial charge is 0.156 e. The predicted molar refractivity (Wildman–Crippen MR) is 72.8 cm³/mol. The summed E-state index contributed by atoms with van der Waals surface area (Å²) in [6.07, 6.45) is 3.82. The zero-order valence-corrected chi connectivity index (χ0v) is 10.7. The molecule has 0 amide bonds. The molecule has 92 valence electrons. The van der Waals surface area contributed by atoms with Crippen LogP contribution in [-0.2, 0) is 6.42 Å². The summed E-state index contributed by atoms with van der Waals surface area (Å²) in [7, 11) is 0. The molecular formula is C14H9ClN4. The molecule has 19 heavy (non-hydrogen) atoms. The lowest BCUT2D eigenvalue weighted by molar-refractivity contribution is 1.05. The molecule has 0 saturated heterocycles. The summed E-state index contributed by atoms with van der Waals surface area (Å²) in [5, 5.41) is 9.55. The van der Waals surface area contributed by atoms with Crippen LogP contribution in [-0.4, -0.2) is 14.4 Å². The van der Waals surface area contributed by atoms with Crippen LogP contribution in [0.1, 0.15) is 5.69 Å². The molecule has 3 rings (SSSR count). The standard InChI is InChI=1S/C14H9ClN4/c15-10-4-3-9-19-12(6-7-16)13(18-14(10)19)11-5-1-2-8-17-11/h1-5,8-9H,6H2. The first-order chi connectivity index (χ1) is 9.31. The molecule has 0 aliphatic carbocycles. The number of fused-ring (bicyclic) bond motifs is 1. The quantitative estimate of drug-likeness (QED) is 0.717. The Labute approximate surface area is 114 Å². The molecule has 3 aromatic heterocycles. The lowest BCUT2D eigenvalue weighted by atomic mass is 10.2. The highest BCUT2D eigenvalue weighted by molar-refractivity contribution is 6.33. The fourth-order valence-corrected chi connectivity index (χ4v) is 2.24. The van der Waals surface area contributed by atoms with Crippen molar-refractivity contribution in [2.75, 3.05) is 0 Å². The van der Waals surface area contributed by atoms with E-state index in [0.717, 1.165) is 11.4 Å². The van der Waals surface area contributed by atoms with Crippen molar-refractivity contribution in [1.82, 2.24) is 14.4 Å². The average molecular weight is 269 g/mol. The number of halogens is 1. The van der Waals surface area contributed by atoms with Gasteiger partial charge in [0.05, 0.1) is 28.9 Å². The number of aromatic nitrogens is 3. The van der Waals surface area contributed by atoms with Crippen molar-refractivity contribution in [3.8, 4) is 17.5 Å². The summed E-state index contributed by atoms with van der Waals surface area (Å²) in [6.45, 7) is 0. The van der Waals surface area contributed by atoms with Crippen LogP contribution in [0.2, 0.25) is 5.02 Å². The van der Waals surface area contributed by atoms with Crippen molar-refractivity contribution < 1.29 is 0 Å². The summed E-state index contributed by atoms with van der Waals surface area (Å²) < 4.78 is 1.84. The predicted octanol–water partition coefficient (Wildman–Crippen LogP) is 3.12. The van der Waals surface area contributed by atoms with Crippen LogP contribution in [0, 0.1) is 11.3 Å². The molecule has 0 atom stereocenters. The minimum absolute atomic E-state index is 0.257. The molecule has 0 aliphatic rings. The number of hydrogen-bond acceptors (Lipinski definition) is 3. The van der Waals surface area contributed by atoms with Gasteiger partial charge in [-0.25, -0.2) is 4.98 Å². The summed E-state index contributed by atoms with van der Waals surface area (Å²) in [6, 6.07) is 11.4. The Balaban J connectivity index is 2.33. The van der Waals surface area contributed by atoms with E-state index in [0.29, 0.717) is 16.4 Å². The third-order valence-corrected chi connectivity index (χ3v) is 3.15. The van der Waals surface area contributed by atoms with Gasteiger partial charge in [0.2, 0.25) is 0 Å². The lowest BCUT2D eigenvalue weighted by Crippen LogP contribution is -1.94. The van der Waals surface area contributed by atoms with Crippen LogP contribution in [0.5, 0.6) is 0 Å². The van der Waals surface area contributed by atoms with Crippen molar-refractivity contribution in [3.05, 3.63) is 53.4 Å². The summed E-state index contributed by atoms with van der Waals surface area (Å²) in [4.78, 5) is 8.81. The molecule has 0 bridgehead atoms. The summed E-state index contributed by atoms with van der Waals surface area (Å²) >= 11 is 6.14. The molecule has 3 heterocycles. The van der Waals surface area contributed by atoms with Crippen LogP contribution < -0.4 is 0 Å².